The van der Waals surface area contributed by atoms with E-state index in [1.54, 1.807) is 69.3 Å². The quantitative estimate of drug-likeness (QED) is 0.374. The molecule has 8 nitrogen and oxygen atoms in total. The molecule has 0 spiro atoms. The van der Waals surface area contributed by atoms with Crippen LogP contribution < -0.4 is 0 Å². The highest BCUT2D eigenvalue weighted by Crippen LogP contribution is 2.29. The van der Waals surface area contributed by atoms with E-state index >= 15 is 0 Å². The summed E-state index contributed by atoms with van der Waals surface area (Å²) in [5.41, 5.74) is 0.596. The molecule has 1 aliphatic heterocycles. The lowest BCUT2D eigenvalue weighted by Crippen LogP contribution is -2.46. The second-order valence-corrected chi connectivity index (χ2v) is 8.68. The summed E-state index contributed by atoms with van der Waals surface area (Å²) in [5, 5.41) is 0. The fourth-order valence-corrected chi connectivity index (χ4v) is 3.33. The largest absolute Gasteiger partial charge is 0.460 e. The number of likely N-dealkylation sites (tertiary alicyclic amines) is 1. The van der Waals surface area contributed by atoms with Crippen molar-refractivity contribution in [3.05, 3.63) is 71.8 Å². The van der Waals surface area contributed by atoms with Crippen LogP contribution in [0.2, 0.25) is 0 Å². The normalized spacial score (nSPS) is 18.0. The maximum absolute atomic E-state index is 13.0. The van der Waals surface area contributed by atoms with Crippen molar-refractivity contribution in [1.29, 1.82) is 0 Å². The summed E-state index contributed by atoms with van der Waals surface area (Å²) in [4.78, 5) is 51.9. The Morgan fingerprint density at radius 1 is 0.848 bits per heavy atom. The van der Waals surface area contributed by atoms with Crippen LogP contribution in [0.5, 0.6) is 0 Å². The van der Waals surface area contributed by atoms with Crippen molar-refractivity contribution < 1.29 is 33.4 Å². The summed E-state index contributed by atoms with van der Waals surface area (Å²) < 4.78 is 15.9. The lowest BCUT2D eigenvalue weighted by Gasteiger charge is -2.26. The number of carbonyl (C=O) groups is 4. The van der Waals surface area contributed by atoms with Crippen molar-refractivity contribution in [1.82, 2.24) is 4.90 Å². The molecule has 0 N–H and O–H groups in total. The molecule has 0 aliphatic carbocycles. The Labute approximate surface area is 192 Å². The third kappa shape index (κ3) is 6.41. The number of imide groups is 1. The molecule has 1 fully saturated rings. The average Bonchev–Trinajstić information content (AvgIpc) is 3.13. The van der Waals surface area contributed by atoms with Crippen LogP contribution in [0.3, 0.4) is 0 Å². The SMILES string of the molecule is CC(C)(C)OC(=O)N1C(=O)[C@@H](C(=O)OCc2ccccc2)C[C@H]1C(=O)OCc1ccccc1. The van der Waals surface area contributed by atoms with E-state index in [-0.39, 0.29) is 19.6 Å². The fraction of sp³-hybridized carbons (Fsp3) is 0.360. The van der Waals surface area contributed by atoms with E-state index < -0.39 is 41.5 Å². The molecule has 2 atom stereocenters. The number of hydrogen-bond acceptors (Lipinski definition) is 7. The lowest BCUT2D eigenvalue weighted by atomic mass is 10.1. The summed E-state index contributed by atoms with van der Waals surface area (Å²) >= 11 is 0. The molecule has 0 bridgehead atoms. The summed E-state index contributed by atoms with van der Waals surface area (Å²) in [6.07, 6.45) is -1.24. The second kappa shape index (κ2) is 10.3. The van der Waals surface area contributed by atoms with Gasteiger partial charge in [-0.15, -0.1) is 0 Å². The first-order valence-corrected chi connectivity index (χ1v) is 10.6. The molecule has 2 aromatic rings. The van der Waals surface area contributed by atoms with E-state index in [9.17, 15) is 19.2 Å². The molecule has 174 valence electrons. The Balaban J connectivity index is 1.73. The number of nitrogens with zero attached hydrogens (tertiary/aromatic N) is 1. The monoisotopic (exact) mass is 453 g/mol. The summed E-state index contributed by atoms with van der Waals surface area (Å²) in [5.74, 6) is -3.76. The van der Waals surface area contributed by atoms with Crippen LogP contribution in [-0.2, 0) is 41.8 Å². The molecule has 0 saturated carbocycles. The molecule has 3 rings (SSSR count). The van der Waals surface area contributed by atoms with Crippen LogP contribution in [0, 0.1) is 5.92 Å². The van der Waals surface area contributed by atoms with E-state index in [0.717, 1.165) is 11.1 Å². The number of ether oxygens (including phenoxy) is 3. The Morgan fingerprint density at radius 2 is 1.33 bits per heavy atom. The van der Waals surface area contributed by atoms with E-state index in [2.05, 4.69) is 0 Å². The van der Waals surface area contributed by atoms with E-state index in [4.69, 9.17) is 14.2 Å². The lowest BCUT2D eigenvalue weighted by molar-refractivity contribution is -0.155. The first-order valence-electron chi connectivity index (χ1n) is 10.6. The van der Waals surface area contributed by atoms with Gasteiger partial charge in [0.15, 0.2) is 0 Å². The third-order valence-corrected chi connectivity index (χ3v) is 4.90. The molecule has 0 unspecified atom stereocenters. The molecule has 1 saturated heterocycles. The van der Waals surface area contributed by atoms with E-state index in [1.165, 1.54) is 0 Å². The predicted molar refractivity (Wildman–Crippen MR) is 117 cm³/mol. The minimum Gasteiger partial charge on any atom is -0.460 e. The highest BCUT2D eigenvalue weighted by molar-refractivity contribution is 6.08. The third-order valence-electron chi connectivity index (χ3n) is 4.90. The standard InChI is InChI=1S/C25H27NO7/c1-25(2,3)33-24(30)26-20(23(29)32-16-18-12-8-5-9-13-18)14-19(21(26)27)22(28)31-15-17-10-6-4-7-11-17/h4-13,19-20H,14-16H2,1-3H3/t19-,20-/m0/s1. The van der Waals surface area contributed by atoms with Crippen molar-refractivity contribution in [2.24, 2.45) is 5.92 Å². The Bertz CT molecular complexity index is 998. The molecule has 0 aromatic heterocycles. The van der Waals surface area contributed by atoms with Gasteiger partial charge in [0.05, 0.1) is 0 Å². The van der Waals surface area contributed by atoms with Crippen LogP contribution in [0.4, 0.5) is 4.79 Å². The van der Waals surface area contributed by atoms with Crippen molar-refractivity contribution >= 4 is 23.9 Å². The van der Waals surface area contributed by atoms with Crippen LogP contribution in [0.1, 0.15) is 38.3 Å². The van der Waals surface area contributed by atoms with Gasteiger partial charge in [0.25, 0.3) is 0 Å². The van der Waals surface area contributed by atoms with E-state index in [1.807, 2.05) is 12.1 Å². The molecule has 8 heteroatoms. The highest BCUT2D eigenvalue weighted by Gasteiger charge is 2.52. The molecule has 2 amide bonds. The van der Waals surface area contributed by atoms with Gasteiger partial charge in [0.1, 0.15) is 30.8 Å². The summed E-state index contributed by atoms with van der Waals surface area (Å²) in [6.45, 7) is 4.86. The van der Waals surface area contributed by atoms with Crippen LogP contribution in [0.15, 0.2) is 60.7 Å². The zero-order valence-electron chi connectivity index (χ0n) is 18.9. The van der Waals surface area contributed by atoms with Gasteiger partial charge in [-0.1, -0.05) is 60.7 Å². The minimum atomic E-state index is -1.31. The number of benzene rings is 2. The number of hydrogen-bond donors (Lipinski definition) is 0. The first kappa shape index (κ1) is 24.0. The molecule has 0 radical (unpaired) electrons. The van der Waals surface area contributed by atoms with Gasteiger partial charge in [-0.3, -0.25) is 9.59 Å². The molecule has 1 aliphatic rings. The van der Waals surface area contributed by atoms with Gasteiger partial charge >= 0.3 is 18.0 Å². The fourth-order valence-electron chi connectivity index (χ4n) is 3.33. The van der Waals surface area contributed by atoms with Crippen LogP contribution in [-0.4, -0.2) is 40.5 Å². The van der Waals surface area contributed by atoms with Gasteiger partial charge in [0, 0.05) is 6.42 Å². The Morgan fingerprint density at radius 3 is 1.82 bits per heavy atom. The van der Waals surface area contributed by atoms with Gasteiger partial charge in [-0.2, -0.15) is 0 Å². The van der Waals surface area contributed by atoms with Gasteiger partial charge in [-0.25, -0.2) is 14.5 Å². The number of carbonyl (C=O) groups excluding carboxylic acids is 4. The van der Waals surface area contributed by atoms with Crippen LogP contribution >= 0.6 is 0 Å². The number of esters is 2. The van der Waals surface area contributed by atoms with E-state index in [0.29, 0.717) is 4.90 Å². The van der Waals surface area contributed by atoms with Crippen molar-refractivity contribution in [2.75, 3.05) is 0 Å². The maximum Gasteiger partial charge on any atom is 0.417 e. The zero-order valence-corrected chi connectivity index (χ0v) is 18.9. The van der Waals surface area contributed by atoms with Crippen molar-refractivity contribution in [2.45, 2.75) is 52.0 Å². The molecule has 2 aromatic carbocycles. The zero-order chi connectivity index (χ0) is 24.0. The Kier molecular flexibility index (Phi) is 7.48. The van der Waals surface area contributed by atoms with Gasteiger partial charge in [0.2, 0.25) is 5.91 Å². The first-order chi connectivity index (χ1) is 15.7. The van der Waals surface area contributed by atoms with Crippen molar-refractivity contribution in [3.63, 3.8) is 0 Å². The molecular weight excluding hydrogens is 426 g/mol. The highest BCUT2D eigenvalue weighted by atomic mass is 16.6. The van der Waals surface area contributed by atoms with Gasteiger partial charge in [-0.05, 0) is 31.9 Å². The topological polar surface area (TPSA) is 99.2 Å². The average molecular weight is 453 g/mol. The number of amides is 2. The Hall–Kier alpha value is -3.68. The minimum absolute atomic E-state index is 0.0288. The predicted octanol–water partition coefficient (Wildman–Crippen LogP) is 3.63. The van der Waals surface area contributed by atoms with Crippen LogP contribution in [0.25, 0.3) is 0 Å². The molecule has 33 heavy (non-hydrogen) atoms. The molecular formula is C25H27NO7. The second-order valence-electron chi connectivity index (χ2n) is 8.68. The molecule has 1 heterocycles. The van der Waals surface area contributed by atoms with Crippen molar-refractivity contribution in [3.8, 4) is 0 Å². The smallest absolute Gasteiger partial charge is 0.417 e. The summed E-state index contributed by atoms with van der Waals surface area (Å²) in [7, 11) is 0. The summed E-state index contributed by atoms with van der Waals surface area (Å²) in [6, 6.07) is 16.7. The maximum atomic E-state index is 13.0. The number of rotatable bonds is 6. The van der Waals surface area contributed by atoms with Gasteiger partial charge < -0.3 is 14.2 Å².